The largest absolute Gasteiger partial charge is 0.356 e. The minimum atomic E-state index is 0.247. The zero-order valence-electron chi connectivity index (χ0n) is 13.6. The molecule has 0 bridgehead atoms. The van der Waals surface area contributed by atoms with Crippen molar-refractivity contribution in [3.05, 3.63) is 17.6 Å². The van der Waals surface area contributed by atoms with Crippen molar-refractivity contribution in [1.82, 2.24) is 15.3 Å². The van der Waals surface area contributed by atoms with E-state index in [4.69, 9.17) is 0 Å². The molecule has 0 aromatic carbocycles. The maximum atomic E-state index is 12.0. The number of rotatable bonds is 4. The first-order valence-electron chi connectivity index (χ1n) is 8.46. The van der Waals surface area contributed by atoms with Crippen molar-refractivity contribution in [3.8, 4) is 0 Å². The van der Waals surface area contributed by atoms with Crippen molar-refractivity contribution in [2.24, 2.45) is 5.92 Å². The van der Waals surface area contributed by atoms with Crippen LogP contribution < -0.4 is 10.2 Å². The molecular formula is C17H26N4O. The Morgan fingerprint density at radius 1 is 1.23 bits per heavy atom. The molecule has 22 heavy (non-hydrogen) atoms. The molecule has 120 valence electrons. The lowest BCUT2D eigenvalue weighted by Crippen LogP contribution is -2.41. The van der Waals surface area contributed by atoms with Crippen LogP contribution >= 0.6 is 0 Å². The lowest BCUT2D eigenvalue weighted by Gasteiger charge is -2.34. The predicted octanol–water partition coefficient (Wildman–Crippen LogP) is 2.37. The van der Waals surface area contributed by atoms with Gasteiger partial charge in [-0.1, -0.05) is 0 Å². The SMILES string of the molecule is Cc1ncnc(N2CCC(CC(=O)NC3CCC3)CC2)c1C. The Morgan fingerprint density at radius 2 is 1.95 bits per heavy atom. The van der Waals surface area contributed by atoms with Gasteiger partial charge in [0.25, 0.3) is 0 Å². The summed E-state index contributed by atoms with van der Waals surface area (Å²) in [7, 11) is 0. The van der Waals surface area contributed by atoms with Crippen molar-refractivity contribution in [2.75, 3.05) is 18.0 Å². The second kappa shape index (κ2) is 6.63. The number of nitrogens with zero attached hydrogens (tertiary/aromatic N) is 3. The highest BCUT2D eigenvalue weighted by atomic mass is 16.1. The predicted molar refractivity (Wildman–Crippen MR) is 86.8 cm³/mol. The average Bonchev–Trinajstić information content (AvgIpc) is 2.47. The minimum absolute atomic E-state index is 0.247. The lowest BCUT2D eigenvalue weighted by atomic mass is 9.90. The fourth-order valence-electron chi connectivity index (χ4n) is 3.29. The van der Waals surface area contributed by atoms with E-state index in [-0.39, 0.29) is 5.91 Å². The summed E-state index contributed by atoms with van der Waals surface area (Å²) in [5.74, 6) is 1.82. The summed E-state index contributed by atoms with van der Waals surface area (Å²) in [4.78, 5) is 23.0. The standard InChI is InChI=1S/C17H26N4O/c1-12-13(2)18-11-19-17(12)21-8-6-14(7-9-21)10-16(22)20-15-4-3-5-15/h11,14-15H,3-10H2,1-2H3,(H,20,22). The molecule has 2 fully saturated rings. The summed E-state index contributed by atoms with van der Waals surface area (Å²) >= 11 is 0. The third-order valence-electron chi connectivity index (χ3n) is 5.17. The maximum Gasteiger partial charge on any atom is 0.220 e. The molecule has 1 aliphatic carbocycles. The number of amides is 1. The summed E-state index contributed by atoms with van der Waals surface area (Å²) in [6.45, 7) is 6.08. The molecule has 0 atom stereocenters. The normalized spacial score (nSPS) is 19.8. The van der Waals surface area contributed by atoms with E-state index in [0.29, 0.717) is 18.4 Å². The molecule has 1 aliphatic heterocycles. The summed E-state index contributed by atoms with van der Waals surface area (Å²) in [5.41, 5.74) is 2.22. The lowest BCUT2D eigenvalue weighted by molar-refractivity contribution is -0.123. The molecule has 0 unspecified atom stereocenters. The Labute approximate surface area is 132 Å². The van der Waals surface area contributed by atoms with Crippen molar-refractivity contribution >= 4 is 11.7 Å². The third-order valence-corrected chi connectivity index (χ3v) is 5.17. The molecule has 0 radical (unpaired) electrons. The number of hydrogen-bond acceptors (Lipinski definition) is 4. The Balaban J connectivity index is 1.49. The van der Waals surface area contributed by atoms with Crippen LogP contribution in [0, 0.1) is 19.8 Å². The molecule has 3 rings (SSSR count). The smallest absolute Gasteiger partial charge is 0.220 e. The molecule has 1 N–H and O–H groups in total. The molecule has 2 aliphatic rings. The van der Waals surface area contributed by atoms with Gasteiger partial charge in [-0.2, -0.15) is 0 Å². The van der Waals surface area contributed by atoms with E-state index in [9.17, 15) is 4.79 Å². The van der Waals surface area contributed by atoms with Crippen LogP contribution in [0.2, 0.25) is 0 Å². The molecule has 1 saturated carbocycles. The topological polar surface area (TPSA) is 58.1 Å². The zero-order valence-corrected chi connectivity index (χ0v) is 13.6. The zero-order chi connectivity index (χ0) is 15.5. The number of aryl methyl sites for hydroxylation is 1. The second-order valence-corrected chi connectivity index (χ2v) is 6.74. The van der Waals surface area contributed by atoms with Crippen molar-refractivity contribution < 1.29 is 4.79 Å². The van der Waals surface area contributed by atoms with Crippen LogP contribution in [-0.2, 0) is 4.79 Å². The van der Waals surface area contributed by atoms with E-state index < -0.39 is 0 Å². The van der Waals surface area contributed by atoms with E-state index in [2.05, 4.69) is 27.1 Å². The molecule has 1 saturated heterocycles. The van der Waals surface area contributed by atoms with Gasteiger partial charge in [-0.15, -0.1) is 0 Å². The quantitative estimate of drug-likeness (QED) is 0.927. The Morgan fingerprint density at radius 3 is 2.59 bits per heavy atom. The van der Waals surface area contributed by atoms with Gasteiger partial charge in [0.1, 0.15) is 12.1 Å². The molecule has 0 spiro atoms. The van der Waals surface area contributed by atoms with Crippen LogP contribution in [0.5, 0.6) is 0 Å². The van der Waals surface area contributed by atoms with Crippen molar-refractivity contribution in [2.45, 2.75) is 58.4 Å². The fraction of sp³-hybridized carbons (Fsp3) is 0.706. The Hall–Kier alpha value is -1.65. The number of aromatic nitrogens is 2. The van der Waals surface area contributed by atoms with Gasteiger partial charge in [-0.3, -0.25) is 4.79 Å². The summed E-state index contributed by atoms with van der Waals surface area (Å²) in [6, 6.07) is 0.458. The fourth-order valence-corrected chi connectivity index (χ4v) is 3.29. The van der Waals surface area contributed by atoms with Gasteiger partial charge in [0.2, 0.25) is 5.91 Å². The molecule has 1 aromatic rings. The van der Waals surface area contributed by atoms with E-state index in [0.717, 1.165) is 50.3 Å². The number of hydrogen-bond donors (Lipinski definition) is 1. The molecule has 5 nitrogen and oxygen atoms in total. The van der Waals surface area contributed by atoms with Crippen molar-refractivity contribution in [3.63, 3.8) is 0 Å². The van der Waals surface area contributed by atoms with Crippen LogP contribution in [0.3, 0.4) is 0 Å². The number of piperidine rings is 1. The van der Waals surface area contributed by atoms with Crippen LogP contribution in [-0.4, -0.2) is 35.0 Å². The van der Waals surface area contributed by atoms with Gasteiger partial charge in [0.05, 0.1) is 0 Å². The molecule has 1 amide bonds. The summed E-state index contributed by atoms with van der Waals surface area (Å²) < 4.78 is 0. The second-order valence-electron chi connectivity index (χ2n) is 6.74. The molecule has 2 heterocycles. The number of carbonyl (C=O) groups excluding carboxylic acids is 1. The van der Waals surface area contributed by atoms with Crippen LogP contribution in [0.15, 0.2) is 6.33 Å². The van der Waals surface area contributed by atoms with Gasteiger partial charge < -0.3 is 10.2 Å². The van der Waals surface area contributed by atoms with E-state index in [1.54, 1.807) is 6.33 Å². The number of carbonyl (C=O) groups is 1. The summed E-state index contributed by atoms with van der Waals surface area (Å²) in [6.07, 6.45) is 8.07. The first-order chi connectivity index (χ1) is 10.6. The highest BCUT2D eigenvalue weighted by Crippen LogP contribution is 2.27. The van der Waals surface area contributed by atoms with Crippen LogP contribution in [0.1, 0.15) is 49.8 Å². The van der Waals surface area contributed by atoms with Gasteiger partial charge in [-0.05, 0) is 51.9 Å². The highest BCUT2D eigenvalue weighted by Gasteiger charge is 2.25. The van der Waals surface area contributed by atoms with Gasteiger partial charge in [-0.25, -0.2) is 9.97 Å². The van der Waals surface area contributed by atoms with E-state index in [1.165, 1.54) is 12.0 Å². The Kier molecular flexibility index (Phi) is 4.60. The molecular weight excluding hydrogens is 276 g/mol. The maximum absolute atomic E-state index is 12.0. The van der Waals surface area contributed by atoms with Crippen molar-refractivity contribution in [1.29, 1.82) is 0 Å². The van der Waals surface area contributed by atoms with Crippen LogP contribution in [0.25, 0.3) is 0 Å². The van der Waals surface area contributed by atoms with Crippen LogP contribution in [0.4, 0.5) is 5.82 Å². The monoisotopic (exact) mass is 302 g/mol. The number of anilines is 1. The summed E-state index contributed by atoms with van der Waals surface area (Å²) in [5, 5.41) is 3.15. The van der Waals surface area contributed by atoms with Gasteiger partial charge in [0, 0.05) is 36.8 Å². The molecule has 1 aromatic heterocycles. The highest BCUT2D eigenvalue weighted by molar-refractivity contribution is 5.76. The first kappa shape index (κ1) is 15.3. The minimum Gasteiger partial charge on any atom is -0.356 e. The number of nitrogens with one attached hydrogen (secondary N) is 1. The average molecular weight is 302 g/mol. The van der Waals surface area contributed by atoms with E-state index in [1.807, 2.05) is 6.92 Å². The van der Waals surface area contributed by atoms with Gasteiger partial charge in [0.15, 0.2) is 0 Å². The Bertz CT molecular complexity index is 533. The van der Waals surface area contributed by atoms with Gasteiger partial charge >= 0.3 is 0 Å². The third kappa shape index (κ3) is 3.39. The first-order valence-corrected chi connectivity index (χ1v) is 8.46. The molecule has 5 heteroatoms. The van der Waals surface area contributed by atoms with E-state index >= 15 is 0 Å².